The third kappa shape index (κ3) is 2.95. The average molecular weight is 332 g/mol. The van der Waals surface area contributed by atoms with Crippen molar-refractivity contribution in [2.75, 3.05) is 0 Å². The summed E-state index contributed by atoms with van der Waals surface area (Å²) in [6, 6.07) is 4.13. The first-order valence-electron chi connectivity index (χ1n) is 9.16. The highest BCUT2D eigenvalue weighted by molar-refractivity contribution is 7.82. The zero-order chi connectivity index (χ0) is 16.6. The van der Waals surface area contributed by atoms with Crippen molar-refractivity contribution in [1.29, 1.82) is 0 Å². The predicted octanol–water partition coefficient (Wildman–Crippen LogP) is 6.00. The van der Waals surface area contributed by atoms with Crippen LogP contribution in [0.5, 0.6) is 0 Å². The number of benzene rings is 1. The summed E-state index contributed by atoms with van der Waals surface area (Å²) in [5.74, 6) is 0. The molecule has 3 rings (SSSR count). The van der Waals surface area contributed by atoms with Crippen LogP contribution in [0.4, 0.5) is 0 Å². The molecule has 126 valence electrons. The number of hydrogen-bond acceptors (Lipinski definition) is 2. The van der Waals surface area contributed by atoms with Gasteiger partial charge in [-0.05, 0) is 57.6 Å². The van der Waals surface area contributed by atoms with E-state index >= 15 is 0 Å². The van der Waals surface area contributed by atoms with Crippen LogP contribution in [0.2, 0.25) is 0 Å². The summed E-state index contributed by atoms with van der Waals surface area (Å²) in [7, 11) is -2.84. The van der Waals surface area contributed by atoms with Gasteiger partial charge in [0.15, 0.2) is 7.14 Å². The molecule has 0 heterocycles. The maximum Gasteiger partial charge on any atom is 0.222 e. The summed E-state index contributed by atoms with van der Waals surface area (Å²) in [4.78, 5) is 13.5. The highest BCUT2D eigenvalue weighted by atomic mass is 31.2. The summed E-state index contributed by atoms with van der Waals surface area (Å²) < 4.78 is 14.2. The van der Waals surface area contributed by atoms with Crippen LogP contribution in [0.15, 0.2) is 12.1 Å². The van der Waals surface area contributed by atoms with E-state index in [2.05, 4.69) is 19.1 Å². The first-order valence-corrected chi connectivity index (χ1v) is 11.0. The van der Waals surface area contributed by atoms with Gasteiger partial charge in [-0.15, -0.1) is 0 Å². The van der Waals surface area contributed by atoms with Crippen LogP contribution in [-0.2, 0) is 4.57 Å². The van der Waals surface area contributed by atoms with E-state index in [1.807, 2.05) is 13.8 Å². The Balaban J connectivity index is 2.06. The van der Waals surface area contributed by atoms with Crippen LogP contribution in [0.1, 0.15) is 78.4 Å². The molecule has 3 heteroatoms. The second-order valence-corrected chi connectivity index (χ2v) is 11.0. The van der Waals surface area contributed by atoms with Crippen LogP contribution in [0.25, 0.3) is 0 Å². The van der Waals surface area contributed by atoms with E-state index in [4.69, 9.17) is 0 Å². The van der Waals surface area contributed by atoms with Gasteiger partial charge in [-0.3, -0.25) is 4.79 Å². The van der Waals surface area contributed by atoms with Crippen molar-refractivity contribution < 1.29 is 9.36 Å². The predicted molar refractivity (Wildman–Crippen MR) is 97.1 cm³/mol. The molecule has 0 aliphatic heterocycles. The van der Waals surface area contributed by atoms with Gasteiger partial charge in [0, 0.05) is 16.9 Å². The van der Waals surface area contributed by atoms with Crippen molar-refractivity contribution >= 4 is 12.7 Å². The standard InChI is InChI=1S/C20H29O2P/c1-14-12-15(2)19(16(3)13-14)20(21)23(22,17-8-4-5-9-17)18-10-6-7-11-18/h12-13,17-18H,4-11H2,1-3H3. The average Bonchev–Trinajstić information content (AvgIpc) is 3.19. The molecule has 2 nitrogen and oxygen atoms in total. The van der Waals surface area contributed by atoms with Crippen molar-refractivity contribution in [3.8, 4) is 0 Å². The normalized spacial score (nSPS) is 20.3. The third-order valence-corrected chi connectivity index (χ3v) is 10.0. The van der Waals surface area contributed by atoms with E-state index in [-0.39, 0.29) is 16.8 Å². The van der Waals surface area contributed by atoms with Crippen LogP contribution >= 0.6 is 7.14 Å². The number of carbonyl (C=O) groups is 1. The van der Waals surface area contributed by atoms with E-state index in [9.17, 15) is 9.36 Å². The van der Waals surface area contributed by atoms with Crippen molar-refractivity contribution in [2.45, 2.75) is 83.5 Å². The van der Waals surface area contributed by atoms with E-state index in [1.165, 1.54) is 5.56 Å². The number of aryl methyl sites for hydroxylation is 3. The van der Waals surface area contributed by atoms with Crippen molar-refractivity contribution in [3.63, 3.8) is 0 Å². The summed E-state index contributed by atoms with van der Waals surface area (Å²) >= 11 is 0. The Labute approximate surface area is 140 Å². The number of hydrogen-bond donors (Lipinski definition) is 0. The van der Waals surface area contributed by atoms with Gasteiger partial charge >= 0.3 is 0 Å². The third-order valence-electron chi connectivity index (χ3n) is 5.94. The quantitative estimate of drug-likeness (QED) is 0.634. The molecule has 1 aromatic carbocycles. The molecule has 2 aliphatic rings. The van der Waals surface area contributed by atoms with Gasteiger partial charge in [0.25, 0.3) is 0 Å². The lowest BCUT2D eigenvalue weighted by molar-refractivity contribution is 0.107. The minimum Gasteiger partial charge on any atom is -0.315 e. The van der Waals surface area contributed by atoms with Gasteiger partial charge in [0.2, 0.25) is 5.52 Å². The Kier molecular flexibility index (Phi) is 4.83. The molecule has 1 aromatic rings. The zero-order valence-electron chi connectivity index (χ0n) is 14.7. The molecule has 23 heavy (non-hydrogen) atoms. The largest absolute Gasteiger partial charge is 0.315 e. The van der Waals surface area contributed by atoms with Gasteiger partial charge in [-0.25, -0.2) is 0 Å². The van der Waals surface area contributed by atoms with E-state index in [1.54, 1.807) is 0 Å². The maximum atomic E-state index is 14.2. The fourth-order valence-corrected chi connectivity index (χ4v) is 9.12. The number of rotatable bonds is 4. The lowest BCUT2D eigenvalue weighted by Gasteiger charge is -2.30. The van der Waals surface area contributed by atoms with E-state index < -0.39 is 7.14 Å². The topological polar surface area (TPSA) is 34.1 Å². The molecule has 2 saturated carbocycles. The Hall–Kier alpha value is -0.880. The van der Waals surface area contributed by atoms with Gasteiger partial charge in [-0.2, -0.15) is 0 Å². The van der Waals surface area contributed by atoms with Crippen LogP contribution in [0, 0.1) is 20.8 Å². The first kappa shape index (κ1) is 17.0. The van der Waals surface area contributed by atoms with Crippen LogP contribution < -0.4 is 0 Å². The van der Waals surface area contributed by atoms with Gasteiger partial charge < -0.3 is 4.57 Å². The summed E-state index contributed by atoms with van der Waals surface area (Å²) in [6.45, 7) is 6.06. The van der Waals surface area contributed by atoms with Crippen molar-refractivity contribution in [2.24, 2.45) is 0 Å². The maximum absolute atomic E-state index is 14.2. The number of carbonyl (C=O) groups excluding carboxylic acids is 1. The summed E-state index contributed by atoms with van der Waals surface area (Å²) in [5.41, 5.74) is 4.25. The summed E-state index contributed by atoms with van der Waals surface area (Å²) in [5, 5.41) is 0. The fraction of sp³-hybridized carbons (Fsp3) is 0.650. The van der Waals surface area contributed by atoms with Gasteiger partial charge in [-0.1, -0.05) is 43.4 Å². The zero-order valence-corrected chi connectivity index (χ0v) is 15.6. The second-order valence-electron chi connectivity index (χ2n) is 7.66. The first-order chi connectivity index (χ1) is 10.9. The Morgan fingerprint density at radius 1 is 0.870 bits per heavy atom. The van der Waals surface area contributed by atoms with Crippen LogP contribution in [-0.4, -0.2) is 16.8 Å². The van der Waals surface area contributed by atoms with E-state index in [0.717, 1.165) is 68.1 Å². The van der Waals surface area contributed by atoms with Crippen molar-refractivity contribution in [1.82, 2.24) is 0 Å². The minimum atomic E-state index is -2.84. The molecule has 0 N–H and O–H groups in total. The smallest absolute Gasteiger partial charge is 0.222 e. The highest BCUT2D eigenvalue weighted by Gasteiger charge is 2.48. The molecule has 2 aliphatic carbocycles. The molecule has 0 amide bonds. The second kappa shape index (κ2) is 6.55. The molecule has 0 aromatic heterocycles. The van der Waals surface area contributed by atoms with Gasteiger partial charge in [0.1, 0.15) is 0 Å². The molecule has 0 saturated heterocycles. The minimum absolute atomic E-state index is 0.00583. The Morgan fingerprint density at radius 2 is 1.26 bits per heavy atom. The monoisotopic (exact) mass is 332 g/mol. The van der Waals surface area contributed by atoms with Crippen molar-refractivity contribution in [3.05, 3.63) is 34.4 Å². The lowest BCUT2D eigenvalue weighted by Crippen LogP contribution is -2.22. The van der Waals surface area contributed by atoms with Gasteiger partial charge in [0.05, 0.1) is 0 Å². The molecular weight excluding hydrogens is 303 g/mol. The molecular formula is C20H29O2P. The molecule has 0 atom stereocenters. The van der Waals surface area contributed by atoms with E-state index in [0.29, 0.717) is 0 Å². The molecule has 0 spiro atoms. The fourth-order valence-electron chi connectivity index (χ4n) is 4.90. The lowest BCUT2D eigenvalue weighted by atomic mass is 10.0. The Bertz CT molecular complexity index is 607. The molecule has 2 fully saturated rings. The SMILES string of the molecule is Cc1cc(C)c(C(=O)P(=O)(C2CCCC2)C2CCCC2)c(C)c1. The highest BCUT2D eigenvalue weighted by Crippen LogP contribution is 2.65. The Morgan fingerprint density at radius 3 is 1.65 bits per heavy atom. The molecule has 0 bridgehead atoms. The molecule has 0 unspecified atom stereocenters. The van der Waals surface area contributed by atoms with Crippen LogP contribution in [0.3, 0.4) is 0 Å². The summed E-state index contributed by atoms with van der Waals surface area (Å²) in [6.07, 6.45) is 8.52. The molecule has 0 radical (unpaired) electrons.